The first-order chi connectivity index (χ1) is 13.4. The first-order valence-electron chi connectivity index (χ1n) is 9.98. The van der Waals surface area contributed by atoms with Gasteiger partial charge in [-0.1, -0.05) is 0 Å². The van der Waals surface area contributed by atoms with E-state index >= 15 is 0 Å². The van der Waals surface area contributed by atoms with E-state index in [1.165, 1.54) is 0 Å². The molecule has 154 valence electrons. The predicted molar refractivity (Wildman–Crippen MR) is 107 cm³/mol. The smallest absolute Gasteiger partial charge is 0.254 e. The number of hydrogen-bond donors (Lipinski definition) is 0. The molecule has 2 amide bonds. The van der Waals surface area contributed by atoms with Crippen LogP contribution in [0, 0.1) is 0 Å². The monoisotopic (exact) mass is 389 g/mol. The largest absolute Gasteiger partial charge is 0.493 e. The minimum absolute atomic E-state index is 0.0274. The van der Waals surface area contributed by atoms with Gasteiger partial charge < -0.3 is 24.2 Å². The minimum Gasteiger partial charge on any atom is -0.493 e. The summed E-state index contributed by atoms with van der Waals surface area (Å²) >= 11 is 0. The number of piperidine rings is 1. The fraction of sp³-hybridized carbons (Fsp3) is 0.619. The lowest BCUT2D eigenvalue weighted by atomic mass is 10.1. The molecule has 1 aromatic carbocycles. The summed E-state index contributed by atoms with van der Waals surface area (Å²) in [6, 6.07) is 5.75. The van der Waals surface area contributed by atoms with E-state index in [4.69, 9.17) is 9.47 Å². The number of nitrogens with zero attached hydrogens (tertiary/aromatic N) is 3. The van der Waals surface area contributed by atoms with E-state index in [1.807, 2.05) is 21.9 Å². The summed E-state index contributed by atoms with van der Waals surface area (Å²) < 4.78 is 11.6. The van der Waals surface area contributed by atoms with Gasteiger partial charge in [0.05, 0.1) is 7.11 Å². The summed E-state index contributed by atoms with van der Waals surface area (Å²) in [6.45, 7) is 7.49. The Morgan fingerprint density at radius 1 is 1.04 bits per heavy atom. The zero-order valence-electron chi connectivity index (χ0n) is 17.3. The van der Waals surface area contributed by atoms with Gasteiger partial charge in [-0.2, -0.15) is 0 Å². The van der Waals surface area contributed by atoms with Crippen LogP contribution in [0.3, 0.4) is 0 Å². The average molecular weight is 389 g/mol. The molecule has 3 rings (SSSR count). The number of piperazine rings is 1. The molecular formula is C21H31N3O4. The van der Waals surface area contributed by atoms with E-state index in [9.17, 15) is 9.59 Å². The number of carbonyl (C=O) groups excluding carboxylic acids is 2. The van der Waals surface area contributed by atoms with E-state index in [1.54, 1.807) is 20.1 Å². The molecule has 1 atom stereocenters. The number of likely N-dealkylation sites (N-methyl/N-ethyl adjacent to an activating group) is 1. The third-order valence-electron chi connectivity index (χ3n) is 5.84. The molecule has 0 N–H and O–H groups in total. The number of amides is 2. The third kappa shape index (κ3) is 4.58. The minimum atomic E-state index is 0.0274. The maximum absolute atomic E-state index is 12.9. The van der Waals surface area contributed by atoms with Gasteiger partial charge in [-0.3, -0.25) is 9.59 Å². The highest BCUT2D eigenvalue weighted by atomic mass is 16.5. The van der Waals surface area contributed by atoms with Crippen molar-refractivity contribution < 1.29 is 19.1 Å². The highest BCUT2D eigenvalue weighted by Crippen LogP contribution is 2.31. The Bertz CT molecular complexity index is 716. The molecule has 0 aliphatic carbocycles. The number of likely N-dealkylation sites (tertiary alicyclic amines) is 1. The first-order valence-corrected chi connectivity index (χ1v) is 9.98. The Balaban J connectivity index is 1.65. The van der Waals surface area contributed by atoms with Crippen molar-refractivity contribution in [3.8, 4) is 11.5 Å². The van der Waals surface area contributed by atoms with Crippen LogP contribution in [0.4, 0.5) is 0 Å². The van der Waals surface area contributed by atoms with Crippen molar-refractivity contribution in [2.24, 2.45) is 0 Å². The number of benzene rings is 1. The Kier molecular flexibility index (Phi) is 6.44. The molecule has 0 unspecified atom stereocenters. The van der Waals surface area contributed by atoms with Crippen LogP contribution < -0.4 is 9.47 Å². The zero-order chi connectivity index (χ0) is 20.3. The maximum atomic E-state index is 12.9. The van der Waals surface area contributed by atoms with Gasteiger partial charge >= 0.3 is 0 Å². The van der Waals surface area contributed by atoms with Gasteiger partial charge in [0.15, 0.2) is 11.5 Å². The molecule has 7 nitrogen and oxygen atoms in total. The van der Waals surface area contributed by atoms with Crippen LogP contribution in [0.5, 0.6) is 11.5 Å². The lowest BCUT2D eigenvalue weighted by Gasteiger charge is -2.37. The van der Waals surface area contributed by atoms with Gasteiger partial charge in [0.2, 0.25) is 5.91 Å². The van der Waals surface area contributed by atoms with Gasteiger partial charge in [-0.25, -0.2) is 0 Å². The van der Waals surface area contributed by atoms with E-state index in [0.717, 1.165) is 32.5 Å². The van der Waals surface area contributed by atoms with E-state index in [2.05, 4.69) is 18.9 Å². The number of hydrogen-bond acceptors (Lipinski definition) is 5. The lowest BCUT2D eigenvalue weighted by molar-refractivity contribution is -0.130. The van der Waals surface area contributed by atoms with Crippen LogP contribution in [0.2, 0.25) is 0 Å². The van der Waals surface area contributed by atoms with Crippen molar-refractivity contribution in [1.29, 1.82) is 0 Å². The SMILES string of the molecule is COc1cc(C(=O)N2CCN(C)[C@@H](C)C2)ccc1OC1CCN(C(C)=O)CC1. The second-order valence-electron chi connectivity index (χ2n) is 7.77. The number of carbonyl (C=O) groups is 2. The van der Waals surface area contributed by atoms with Gasteiger partial charge in [0, 0.05) is 64.1 Å². The molecule has 2 aliphatic heterocycles. The van der Waals surface area contributed by atoms with Crippen LogP contribution in [-0.4, -0.2) is 85.5 Å². The van der Waals surface area contributed by atoms with Crippen molar-refractivity contribution in [2.45, 2.75) is 38.8 Å². The molecule has 0 bridgehead atoms. The standard InChI is InChI=1S/C21H31N3O4/c1-15-14-24(12-11-22(15)3)21(26)17-5-6-19(20(13-17)27-4)28-18-7-9-23(10-8-18)16(2)25/h5-6,13,15,18H,7-12,14H2,1-4H3/t15-/m0/s1. The average Bonchev–Trinajstić information content (AvgIpc) is 2.70. The summed E-state index contributed by atoms with van der Waals surface area (Å²) in [6.07, 6.45) is 1.63. The topological polar surface area (TPSA) is 62.3 Å². The third-order valence-corrected chi connectivity index (χ3v) is 5.84. The zero-order valence-corrected chi connectivity index (χ0v) is 17.3. The second-order valence-corrected chi connectivity index (χ2v) is 7.77. The summed E-state index contributed by atoms with van der Waals surface area (Å²) in [5.41, 5.74) is 0.618. The lowest BCUT2D eigenvalue weighted by Crippen LogP contribution is -2.52. The summed E-state index contributed by atoms with van der Waals surface area (Å²) in [4.78, 5) is 30.4. The number of ether oxygens (including phenoxy) is 2. The molecule has 7 heteroatoms. The molecule has 2 fully saturated rings. The predicted octanol–water partition coefficient (Wildman–Crippen LogP) is 1.86. The number of methoxy groups -OCH3 is 1. The van der Waals surface area contributed by atoms with Crippen molar-refractivity contribution >= 4 is 11.8 Å². The molecule has 2 aliphatic rings. The second kappa shape index (κ2) is 8.82. The van der Waals surface area contributed by atoms with Gasteiger partial charge in [0.1, 0.15) is 6.10 Å². The van der Waals surface area contributed by atoms with Crippen LogP contribution in [0.15, 0.2) is 18.2 Å². The van der Waals surface area contributed by atoms with E-state index in [-0.39, 0.29) is 17.9 Å². The quantitative estimate of drug-likeness (QED) is 0.787. The Labute approximate surface area is 167 Å². The molecule has 1 aromatic rings. The Morgan fingerprint density at radius 3 is 2.36 bits per heavy atom. The molecule has 0 spiro atoms. The normalized spacial score (nSPS) is 21.5. The van der Waals surface area contributed by atoms with E-state index < -0.39 is 0 Å². The molecule has 28 heavy (non-hydrogen) atoms. The summed E-state index contributed by atoms with van der Waals surface area (Å²) in [5.74, 6) is 1.35. The van der Waals surface area contributed by atoms with Crippen LogP contribution in [-0.2, 0) is 4.79 Å². The number of rotatable bonds is 4. The van der Waals surface area contributed by atoms with Gasteiger partial charge in [-0.15, -0.1) is 0 Å². The molecule has 0 saturated carbocycles. The van der Waals surface area contributed by atoms with Crippen LogP contribution in [0.25, 0.3) is 0 Å². The van der Waals surface area contributed by atoms with Crippen molar-refractivity contribution in [3.63, 3.8) is 0 Å². The molecule has 2 heterocycles. The fourth-order valence-corrected chi connectivity index (χ4v) is 3.78. The molecule has 0 radical (unpaired) electrons. The maximum Gasteiger partial charge on any atom is 0.254 e. The van der Waals surface area contributed by atoms with Crippen LogP contribution >= 0.6 is 0 Å². The van der Waals surface area contributed by atoms with Crippen molar-refractivity contribution in [1.82, 2.24) is 14.7 Å². The van der Waals surface area contributed by atoms with Gasteiger partial charge in [-0.05, 0) is 32.2 Å². The molecular weight excluding hydrogens is 358 g/mol. The van der Waals surface area contributed by atoms with Crippen molar-refractivity contribution in [3.05, 3.63) is 23.8 Å². The molecule has 0 aromatic heterocycles. The van der Waals surface area contributed by atoms with Crippen molar-refractivity contribution in [2.75, 3.05) is 46.9 Å². The summed E-state index contributed by atoms with van der Waals surface area (Å²) in [5, 5.41) is 0. The Hall–Kier alpha value is -2.28. The van der Waals surface area contributed by atoms with E-state index in [0.29, 0.717) is 36.2 Å². The highest BCUT2D eigenvalue weighted by Gasteiger charge is 2.27. The Morgan fingerprint density at radius 2 is 1.75 bits per heavy atom. The molecule has 2 saturated heterocycles. The summed E-state index contributed by atoms with van der Waals surface area (Å²) in [7, 11) is 3.68. The van der Waals surface area contributed by atoms with Crippen LogP contribution in [0.1, 0.15) is 37.0 Å². The first kappa shape index (κ1) is 20.5. The van der Waals surface area contributed by atoms with Gasteiger partial charge in [0.25, 0.3) is 5.91 Å². The fourth-order valence-electron chi connectivity index (χ4n) is 3.78. The highest BCUT2D eigenvalue weighted by molar-refractivity contribution is 5.95.